The fraction of sp³-hybridized carbons (Fsp3) is 0.333. The Bertz CT molecular complexity index is 632. The minimum absolute atomic E-state index is 0.160. The third-order valence-corrected chi connectivity index (χ3v) is 4.03. The molecular formula is C18H20N2O. The van der Waals surface area contributed by atoms with Gasteiger partial charge in [0.25, 0.3) is 0 Å². The monoisotopic (exact) mass is 280 g/mol. The van der Waals surface area contributed by atoms with Gasteiger partial charge in [0.05, 0.1) is 0 Å². The summed E-state index contributed by atoms with van der Waals surface area (Å²) in [6.45, 7) is 5.14. The molecule has 0 saturated carbocycles. The topological polar surface area (TPSA) is 33.2 Å². The first-order chi connectivity index (χ1) is 10.1. The number of piperidine rings is 1. The Hall–Kier alpha value is -2.16. The van der Waals surface area contributed by atoms with Crippen molar-refractivity contribution in [1.82, 2.24) is 4.98 Å². The number of carbonyl (C=O) groups excluding carboxylic acids is 1. The van der Waals surface area contributed by atoms with E-state index in [4.69, 9.17) is 0 Å². The second-order valence-corrected chi connectivity index (χ2v) is 6.42. The van der Waals surface area contributed by atoms with E-state index in [0.29, 0.717) is 6.42 Å². The molecule has 2 aromatic rings. The minimum Gasteiger partial charge on any atom is -0.296 e. The van der Waals surface area contributed by atoms with Crippen molar-refractivity contribution in [3.05, 3.63) is 48.7 Å². The second kappa shape index (κ2) is 5.32. The lowest BCUT2D eigenvalue weighted by molar-refractivity contribution is -0.121. The van der Waals surface area contributed by atoms with Crippen LogP contribution < -0.4 is 4.90 Å². The highest BCUT2D eigenvalue weighted by Crippen LogP contribution is 2.32. The van der Waals surface area contributed by atoms with Crippen LogP contribution in [-0.2, 0) is 4.79 Å². The average molecular weight is 280 g/mol. The molecule has 0 N–H and O–H groups in total. The first kappa shape index (κ1) is 13.8. The van der Waals surface area contributed by atoms with Crippen LogP contribution in [0.25, 0.3) is 11.1 Å². The van der Waals surface area contributed by atoms with Crippen LogP contribution in [0.15, 0.2) is 48.7 Å². The van der Waals surface area contributed by atoms with Crippen molar-refractivity contribution in [3.8, 4) is 11.1 Å². The summed E-state index contributed by atoms with van der Waals surface area (Å²) in [6.07, 6.45) is 3.40. The van der Waals surface area contributed by atoms with Crippen LogP contribution in [0.3, 0.4) is 0 Å². The molecule has 0 spiro atoms. The molecule has 1 amide bonds. The van der Waals surface area contributed by atoms with Gasteiger partial charge in [-0.3, -0.25) is 9.69 Å². The van der Waals surface area contributed by atoms with E-state index in [2.05, 4.69) is 31.0 Å². The van der Waals surface area contributed by atoms with Gasteiger partial charge in [-0.2, -0.15) is 0 Å². The van der Waals surface area contributed by atoms with E-state index in [1.54, 1.807) is 0 Å². The number of rotatable bonds is 2. The molecule has 1 aromatic carbocycles. The van der Waals surface area contributed by atoms with Gasteiger partial charge in [-0.15, -0.1) is 0 Å². The molecule has 1 fully saturated rings. The van der Waals surface area contributed by atoms with Crippen LogP contribution in [0, 0.1) is 5.41 Å². The Morgan fingerprint density at radius 3 is 2.48 bits per heavy atom. The van der Waals surface area contributed by atoms with Gasteiger partial charge >= 0.3 is 0 Å². The zero-order valence-electron chi connectivity index (χ0n) is 12.5. The number of carbonyl (C=O) groups is 1. The van der Waals surface area contributed by atoms with Crippen LogP contribution in [0.1, 0.15) is 26.7 Å². The molecule has 3 rings (SSSR count). The van der Waals surface area contributed by atoms with Crippen molar-refractivity contribution in [2.75, 3.05) is 11.4 Å². The number of hydrogen-bond donors (Lipinski definition) is 0. The number of nitrogens with zero attached hydrogens (tertiary/aromatic N) is 2. The maximum atomic E-state index is 12.1. The molecule has 3 nitrogen and oxygen atoms in total. The average Bonchev–Trinajstić information content (AvgIpc) is 2.51. The predicted molar refractivity (Wildman–Crippen MR) is 85.0 cm³/mol. The van der Waals surface area contributed by atoms with Gasteiger partial charge in [-0.25, -0.2) is 4.98 Å². The number of hydrogen-bond acceptors (Lipinski definition) is 2. The van der Waals surface area contributed by atoms with E-state index in [1.165, 1.54) is 0 Å². The van der Waals surface area contributed by atoms with Crippen molar-refractivity contribution in [2.24, 2.45) is 5.41 Å². The van der Waals surface area contributed by atoms with Gasteiger partial charge < -0.3 is 0 Å². The van der Waals surface area contributed by atoms with Gasteiger partial charge in [0.2, 0.25) is 5.91 Å². The van der Waals surface area contributed by atoms with Gasteiger partial charge in [-0.1, -0.05) is 44.2 Å². The van der Waals surface area contributed by atoms with Crippen LogP contribution in [0.5, 0.6) is 0 Å². The Labute approximate surface area is 125 Å². The maximum absolute atomic E-state index is 12.1. The van der Waals surface area contributed by atoms with Crippen molar-refractivity contribution in [3.63, 3.8) is 0 Å². The highest BCUT2D eigenvalue weighted by molar-refractivity contribution is 5.93. The van der Waals surface area contributed by atoms with Crippen LogP contribution in [0.2, 0.25) is 0 Å². The molecule has 1 aliphatic heterocycles. The third-order valence-electron chi connectivity index (χ3n) is 4.03. The highest BCUT2D eigenvalue weighted by Gasteiger charge is 2.32. The van der Waals surface area contributed by atoms with Gasteiger partial charge in [0.15, 0.2) is 0 Å². The van der Waals surface area contributed by atoms with E-state index in [9.17, 15) is 4.79 Å². The molecule has 21 heavy (non-hydrogen) atoms. The van der Waals surface area contributed by atoms with Crippen LogP contribution in [-0.4, -0.2) is 17.4 Å². The summed E-state index contributed by atoms with van der Waals surface area (Å²) in [5, 5.41) is 0. The summed E-state index contributed by atoms with van der Waals surface area (Å²) in [5.41, 5.74) is 2.37. The SMILES string of the molecule is CC1(C)CCC(=O)N(c2ccc(-c3ccccc3)cn2)C1. The molecule has 1 saturated heterocycles. The van der Waals surface area contributed by atoms with E-state index in [1.807, 2.05) is 41.4 Å². The first-order valence-corrected chi connectivity index (χ1v) is 7.37. The maximum Gasteiger partial charge on any atom is 0.228 e. The molecule has 0 radical (unpaired) electrons. The Morgan fingerprint density at radius 1 is 1.05 bits per heavy atom. The van der Waals surface area contributed by atoms with E-state index in [0.717, 1.165) is 29.9 Å². The lowest BCUT2D eigenvalue weighted by Crippen LogP contribution is -2.44. The standard InChI is InChI=1S/C18H20N2O/c1-18(2)11-10-17(21)20(13-18)16-9-8-15(12-19-16)14-6-4-3-5-7-14/h3-9,12H,10-11,13H2,1-2H3. The number of benzene rings is 1. The van der Waals surface area contributed by atoms with Crippen molar-refractivity contribution in [2.45, 2.75) is 26.7 Å². The summed E-state index contributed by atoms with van der Waals surface area (Å²) in [4.78, 5) is 18.4. The van der Waals surface area contributed by atoms with Crippen LogP contribution >= 0.6 is 0 Å². The number of aromatic nitrogens is 1. The zero-order valence-corrected chi connectivity index (χ0v) is 12.5. The number of pyridine rings is 1. The zero-order chi connectivity index (χ0) is 14.9. The Kier molecular flexibility index (Phi) is 3.50. The van der Waals surface area contributed by atoms with E-state index in [-0.39, 0.29) is 11.3 Å². The van der Waals surface area contributed by atoms with Crippen molar-refractivity contribution in [1.29, 1.82) is 0 Å². The van der Waals surface area contributed by atoms with Crippen LogP contribution in [0.4, 0.5) is 5.82 Å². The number of amides is 1. The van der Waals surface area contributed by atoms with E-state index >= 15 is 0 Å². The molecule has 0 bridgehead atoms. The summed E-state index contributed by atoms with van der Waals surface area (Å²) in [7, 11) is 0. The molecule has 1 aromatic heterocycles. The smallest absolute Gasteiger partial charge is 0.228 e. The fourth-order valence-electron chi connectivity index (χ4n) is 2.73. The summed E-state index contributed by atoms with van der Waals surface area (Å²) >= 11 is 0. The quantitative estimate of drug-likeness (QED) is 0.836. The molecule has 0 aliphatic carbocycles. The molecule has 0 atom stereocenters. The van der Waals surface area contributed by atoms with Crippen molar-refractivity contribution >= 4 is 11.7 Å². The summed E-state index contributed by atoms with van der Waals surface area (Å²) < 4.78 is 0. The lowest BCUT2D eigenvalue weighted by Gasteiger charge is -2.37. The molecule has 1 aliphatic rings. The second-order valence-electron chi connectivity index (χ2n) is 6.42. The third kappa shape index (κ3) is 2.97. The molecule has 2 heterocycles. The molecule has 108 valence electrons. The van der Waals surface area contributed by atoms with Gasteiger partial charge in [0, 0.05) is 24.7 Å². The minimum atomic E-state index is 0.160. The normalized spacial score (nSPS) is 17.8. The van der Waals surface area contributed by atoms with Gasteiger partial charge in [0.1, 0.15) is 5.82 Å². The molecular weight excluding hydrogens is 260 g/mol. The Morgan fingerprint density at radius 2 is 1.81 bits per heavy atom. The van der Waals surface area contributed by atoms with Crippen molar-refractivity contribution < 1.29 is 4.79 Å². The fourth-order valence-corrected chi connectivity index (χ4v) is 2.73. The summed E-state index contributed by atoms with van der Waals surface area (Å²) in [6, 6.07) is 14.1. The highest BCUT2D eigenvalue weighted by atomic mass is 16.2. The molecule has 3 heteroatoms. The van der Waals surface area contributed by atoms with E-state index < -0.39 is 0 Å². The summed E-state index contributed by atoms with van der Waals surface area (Å²) in [5.74, 6) is 0.932. The predicted octanol–water partition coefficient (Wildman–Crippen LogP) is 3.90. The lowest BCUT2D eigenvalue weighted by atomic mass is 9.84. The Balaban J connectivity index is 1.85. The molecule has 0 unspecified atom stereocenters. The van der Waals surface area contributed by atoms with Gasteiger partial charge in [-0.05, 0) is 29.5 Å². The first-order valence-electron chi connectivity index (χ1n) is 7.37. The largest absolute Gasteiger partial charge is 0.296 e. The number of anilines is 1.